The fourth-order valence-corrected chi connectivity index (χ4v) is 2.05. The Balaban J connectivity index is 2.15. The third-order valence-electron chi connectivity index (χ3n) is 3.01. The van der Waals surface area contributed by atoms with E-state index in [0.29, 0.717) is 18.5 Å². The lowest BCUT2D eigenvalue weighted by Gasteiger charge is -2.30. The zero-order valence-corrected chi connectivity index (χ0v) is 9.45. The Labute approximate surface area is 92.2 Å². The van der Waals surface area contributed by atoms with E-state index in [1.54, 1.807) is 0 Å². The van der Waals surface area contributed by atoms with Gasteiger partial charge in [0.25, 0.3) is 0 Å². The molecule has 0 saturated carbocycles. The summed E-state index contributed by atoms with van der Waals surface area (Å²) < 4.78 is 5.46. The molecule has 15 heavy (non-hydrogen) atoms. The number of unbranched alkanes of at least 4 members (excludes halogenated alkanes) is 1. The first-order valence-corrected chi connectivity index (χ1v) is 6.00. The first-order valence-electron chi connectivity index (χ1n) is 6.00. The zero-order chi connectivity index (χ0) is 10.9. The maximum absolute atomic E-state index is 8.66. The molecule has 4 heteroatoms. The molecular formula is C11H24N2O2. The van der Waals surface area contributed by atoms with Crippen molar-refractivity contribution >= 4 is 0 Å². The quantitative estimate of drug-likeness (QED) is 0.528. The molecule has 2 atom stereocenters. The van der Waals surface area contributed by atoms with Crippen LogP contribution in [-0.2, 0) is 4.74 Å². The van der Waals surface area contributed by atoms with Crippen molar-refractivity contribution in [2.24, 2.45) is 11.7 Å². The molecule has 4 nitrogen and oxygen atoms in total. The number of ether oxygens (including phenoxy) is 1. The zero-order valence-electron chi connectivity index (χ0n) is 9.45. The normalized spacial score (nSPS) is 24.0. The van der Waals surface area contributed by atoms with Crippen molar-refractivity contribution in [1.82, 2.24) is 5.32 Å². The standard InChI is InChI=1S/C11H24N2O2/c12-8-11(13-5-1-2-6-14)10-4-3-7-15-9-10/h10-11,13-14H,1-9,12H2. The van der Waals surface area contributed by atoms with Crippen LogP contribution < -0.4 is 11.1 Å². The highest BCUT2D eigenvalue weighted by Crippen LogP contribution is 2.16. The van der Waals surface area contributed by atoms with E-state index >= 15 is 0 Å². The molecule has 1 aliphatic rings. The topological polar surface area (TPSA) is 67.5 Å². The van der Waals surface area contributed by atoms with E-state index in [-0.39, 0.29) is 6.61 Å². The van der Waals surface area contributed by atoms with E-state index in [9.17, 15) is 0 Å². The molecule has 1 heterocycles. The molecular weight excluding hydrogens is 192 g/mol. The van der Waals surface area contributed by atoms with Crippen LogP contribution in [0.2, 0.25) is 0 Å². The maximum atomic E-state index is 8.66. The Kier molecular flexibility index (Phi) is 6.92. The van der Waals surface area contributed by atoms with Gasteiger partial charge in [0.15, 0.2) is 0 Å². The molecule has 0 radical (unpaired) electrons. The van der Waals surface area contributed by atoms with E-state index in [0.717, 1.165) is 39.0 Å². The molecule has 1 fully saturated rings. The van der Waals surface area contributed by atoms with Gasteiger partial charge in [0, 0.05) is 25.8 Å². The van der Waals surface area contributed by atoms with E-state index in [1.165, 1.54) is 6.42 Å². The SMILES string of the molecule is NCC(NCCCCO)C1CCCOC1. The van der Waals surface area contributed by atoms with Crippen LogP contribution in [0.1, 0.15) is 25.7 Å². The lowest BCUT2D eigenvalue weighted by atomic mass is 9.93. The van der Waals surface area contributed by atoms with Gasteiger partial charge in [-0.15, -0.1) is 0 Å². The van der Waals surface area contributed by atoms with Crippen molar-refractivity contribution in [3.05, 3.63) is 0 Å². The second-order valence-electron chi connectivity index (χ2n) is 4.20. The summed E-state index contributed by atoms with van der Waals surface area (Å²) in [6.07, 6.45) is 4.25. The minimum Gasteiger partial charge on any atom is -0.396 e. The summed E-state index contributed by atoms with van der Waals surface area (Å²) in [5.74, 6) is 0.567. The molecule has 4 N–H and O–H groups in total. The van der Waals surface area contributed by atoms with E-state index in [2.05, 4.69) is 5.32 Å². The first kappa shape index (κ1) is 12.9. The van der Waals surface area contributed by atoms with E-state index < -0.39 is 0 Å². The van der Waals surface area contributed by atoms with Crippen LogP contribution in [0.25, 0.3) is 0 Å². The fourth-order valence-electron chi connectivity index (χ4n) is 2.05. The van der Waals surface area contributed by atoms with Crippen molar-refractivity contribution in [3.63, 3.8) is 0 Å². The van der Waals surface area contributed by atoms with Gasteiger partial charge < -0.3 is 20.9 Å². The Bertz CT molecular complexity index is 150. The number of nitrogens with two attached hydrogens (primary N) is 1. The predicted octanol–water partition coefficient (Wildman–Crippen LogP) is 0.102. The summed E-state index contributed by atoms with van der Waals surface area (Å²) in [5, 5.41) is 12.1. The first-order chi connectivity index (χ1) is 7.38. The summed E-state index contributed by atoms with van der Waals surface area (Å²) in [6, 6.07) is 0.379. The maximum Gasteiger partial charge on any atom is 0.0509 e. The van der Waals surface area contributed by atoms with Gasteiger partial charge in [-0.05, 0) is 38.1 Å². The van der Waals surface area contributed by atoms with Crippen LogP contribution in [0.3, 0.4) is 0 Å². The average Bonchev–Trinajstić information content (AvgIpc) is 2.30. The molecule has 0 aromatic carbocycles. The Hall–Kier alpha value is -0.160. The lowest BCUT2D eigenvalue weighted by Crippen LogP contribution is -2.45. The molecule has 0 aromatic heterocycles. The number of aliphatic hydroxyl groups is 1. The molecule has 1 aliphatic heterocycles. The predicted molar refractivity (Wildman–Crippen MR) is 60.7 cm³/mol. The molecule has 90 valence electrons. The second kappa shape index (κ2) is 8.05. The molecule has 1 saturated heterocycles. The van der Waals surface area contributed by atoms with E-state index in [4.69, 9.17) is 15.6 Å². The second-order valence-corrected chi connectivity index (χ2v) is 4.20. The number of nitrogens with one attached hydrogen (secondary N) is 1. The van der Waals surface area contributed by atoms with Crippen molar-refractivity contribution in [2.75, 3.05) is 32.9 Å². The van der Waals surface area contributed by atoms with Crippen LogP contribution in [0.4, 0.5) is 0 Å². The largest absolute Gasteiger partial charge is 0.396 e. The van der Waals surface area contributed by atoms with Gasteiger partial charge >= 0.3 is 0 Å². The summed E-state index contributed by atoms with van der Waals surface area (Å²) >= 11 is 0. The van der Waals surface area contributed by atoms with Crippen LogP contribution in [0.5, 0.6) is 0 Å². The Morgan fingerprint density at radius 1 is 1.47 bits per heavy atom. The summed E-state index contributed by atoms with van der Waals surface area (Å²) in [5.41, 5.74) is 5.75. The molecule has 0 aliphatic carbocycles. The molecule has 1 rings (SSSR count). The summed E-state index contributed by atoms with van der Waals surface area (Å²) in [6.45, 7) is 3.64. The minimum absolute atomic E-state index is 0.279. The number of aliphatic hydroxyl groups excluding tert-OH is 1. The van der Waals surface area contributed by atoms with Gasteiger partial charge in [-0.25, -0.2) is 0 Å². The number of hydrogen-bond donors (Lipinski definition) is 3. The highest BCUT2D eigenvalue weighted by molar-refractivity contribution is 4.79. The van der Waals surface area contributed by atoms with Crippen molar-refractivity contribution in [3.8, 4) is 0 Å². The highest BCUT2D eigenvalue weighted by Gasteiger charge is 2.22. The molecule has 0 amide bonds. The molecule has 0 bridgehead atoms. The van der Waals surface area contributed by atoms with Gasteiger partial charge in [0.1, 0.15) is 0 Å². The van der Waals surface area contributed by atoms with Crippen LogP contribution in [-0.4, -0.2) is 44.1 Å². The lowest BCUT2D eigenvalue weighted by molar-refractivity contribution is 0.0405. The van der Waals surface area contributed by atoms with Crippen LogP contribution in [0.15, 0.2) is 0 Å². The van der Waals surface area contributed by atoms with Crippen LogP contribution in [0, 0.1) is 5.92 Å². The monoisotopic (exact) mass is 216 g/mol. The molecule has 2 unspecified atom stereocenters. The van der Waals surface area contributed by atoms with Crippen molar-refractivity contribution < 1.29 is 9.84 Å². The Morgan fingerprint density at radius 3 is 2.93 bits per heavy atom. The molecule has 0 spiro atoms. The van der Waals surface area contributed by atoms with Gasteiger partial charge in [0.05, 0.1) is 6.61 Å². The third-order valence-corrected chi connectivity index (χ3v) is 3.01. The van der Waals surface area contributed by atoms with Crippen LogP contribution >= 0.6 is 0 Å². The summed E-state index contributed by atoms with van der Waals surface area (Å²) in [7, 11) is 0. The van der Waals surface area contributed by atoms with Gasteiger partial charge in [-0.1, -0.05) is 0 Å². The third kappa shape index (κ3) is 4.93. The fraction of sp³-hybridized carbons (Fsp3) is 1.00. The van der Waals surface area contributed by atoms with Gasteiger partial charge in [-0.2, -0.15) is 0 Å². The van der Waals surface area contributed by atoms with Crippen molar-refractivity contribution in [2.45, 2.75) is 31.7 Å². The van der Waals surface area contributed by atoms with Crippen molar-refractivity contribution in [1.29, 1.82) is 0 Å². The Morgan fingerprint density at radius 2 is 2.33 bits per heavy atom. The summed E-state index contributed by atoms with van der Waals surface area (Å²) in [4.78, 5) is 0. The minimum atomic E-state index is 0.279. The number of hydrogen-bond acceptors (Lipinski definition) is 4. The van der Waals surface area contributed by atoms with Gasteiger partial charge in [0.2, 0.25) is 0 Å². The van der Waals surface area contributed by atoms with E-state index in [1.807, 2.05) is 0 Å². The number of rotatable bonds is 7. The molecule has 0 aromatic rings. The smallest absolute Gasteiger partial charge is 0.0509 e. The average molecular weight is 216 g/mol. The van der Waals surface area contributed by atoms with Gasteiger partial charge in [-0.3, -0.25) is 0 Å². The highest BCUT2D eigenvalue weighted by atomic mass is 16.5.